The second-order valence-electron chi connectivity index (χ2n) is 4.88. The van der Waals surface area contributed by atoms with Crippen LogP contribution in [0.5, 0.6) is 5.88 Å². The molecule has 0 amide bonds. The summed E-state index contributed by atoms with van der Waals surface area (Å²) in [7, 11) is 0. The Balaban J connectivity index is 2.33. The van der Waals surface area contributed by atoms with E-state index in [0.717, 1.165) is 9.77 Å². The maximum Gasteiger partial charge on any atom is 0.423 e. The van der Waals surface area contributed by atoms with Crippen molar-refractivity contribution in [1.82, 2.24) is 9.97 Å². The fraction of sp³-hybridized carbons (Fsp3) is 0.333. The predicted molar refractivity (Wildman–Crippen MR) is 89.9 cm³/mol. The summed E-state index contributed by atoms with van der Waals surface area (Å²) in [6.07, 6.45) is -3.64. The maximum absolute atomic E-state index is 13.0. The van der Waals surface area contributed by atoms with Gasteiger partial charge in [-0.1, -0.05) is 13.0 Å². The molecule has 0 aliphatic rings. The Morgan fingerprint density at radius 3 is 2.70 bits per heavy atom. The molecule has 1 aromatic carbocycles. The first-order valence-electron chi connectivity index (χ1n) is 6.93. The van der Waals surface area contributed by atoms with Gasteiger partial charge in [-0.3, -0.25) is 0 Å². The molecule has 0 saturated heterocycles. The van der Waals surface area contributed by atoms with Crippen molar-refractivity contribution in [1.29, 1.82) is 0 Å². The van der Waals surface area contributed by atoms with E-state index < -0.39 is 17.6 Å². The summed E-state index contributed by atoms with van der Waals surface area (Å²) >= 11 is 2.14. The number of hydrogen-bond donors (Lipinski definition) is 1. The van der Waals surface area contributed by atoms with Crippen LogP contribution in [-0.2, 0) is 6.18 Å². The maximum atomic E-state index is 13.0. The molecule has 23 heavy (non-hydrogen) atoms. The Morgan fingerprint density at radius 2 is 2.09 bits per heavy atom. The Labute approximate surface area is 145 Å². The quantitative estimate of drug-likeness (QED) is 0.668. The average Bonchev–Trinajstić information content (AvgIpc) is 2.46. The normalized spacial score (nSPS) is 12.8. The van der Waals surface area contributed by atoms with E-state index in [1.165, 1.54) is 0 Å². The van der Waals surface area contributed by atoms with Gasteiger partial charge in [-0.05, 0) is 54.1 Å². The lowest BCUT2D eigenvalue weighted by atomic mass is 10.3. The number of nitrogens with zero attached hydrogens (tertiary/aromatic N) is 2. The zero-order chi connectivity index (χ0) is 17.0. The van der Waals surface area contributed by atoms with Crippen LogP contribution in [0.3, 0.4) is 0 Å². The van der Waals surface area contributed by atoms with Crippen molar-refractivity contribution in [2.24, 2.45) is 0 Å². The van der Waals surface area contributed by atoms with Crippen molar-refractivity contribution in [3.63, 3.8) is 0 Å². The van der Waals surface area contributed by atoms with Gasteiger partial charge >= 0.3 is 6.18 Å². The first-order chi connectivity index (χ1) is 10.8. The van der Waals surface area contributed by atoms with Crippen LogP contribution in [0.4, 0.5) is 24.8 Å². The van der Waals surface area contributed by atoms with Gasteiger partial charge < -0.3 is 10.1 Å². The smallest absolute Gasteiger partial charge is 0.423 e. The number of ether oxygens (including phenoxy) is 1. The Kier molecular flexibility index (Phi) is 5.66. The second kappa shape index (κ2) is 7.33. The van der Waals surface area contributed by atoms with E-state index in [1.807, 2.05) is 25.1 Å². The summed E-state index contributed by atoms with van der Waals surface area (Å²) < 4.78 is 45.4. The minimum Gasteiger partial charge on any atom is -0.474 e. The molecule has 4 nitrogen and oxygen atoms in total. The van der Waals surface area contributed by atoms with Crippen molar-refractivity contribution >= 4 is 34.2 Å². The average molecular weight is 437 g/mol. The molecule has 0 saturated carbocycles. The molecule has 1 unspecified atom stereocenters. The molecule has 0 aliphatic carbocycles. The SMILES string of the molecule is CCC(C)Oc1nc(Nc2cccc(I)c2)ncc1C(F)(F)F. The molecule has 124 valence electrons. The fourth-order valence-corrected chi connectivity index (χ4v) is 2.22. The Hall–Kier alpha value is -1.58. The molecule has 0 aliphatic heterocycles. The largest absolute Gasteiger partial charge is 0.474 e. The highest BCUT2D eigenvalue weighted by molar-refractivity contribution is 14.1. The standard InChI is InChI=1S/C15H15F3IN3O/c1-3-9(2)23-13-12(15(16,17)18)8-20-14(22-13)21-11-6-4-5-10(19)7-11/h4-9H,3H2,1-2H3,(H,20,21,22). The molecule has 0 spiro atoms. The lowest BCUT2D eigenvalue weighted by molar-refractivity contribution is -0.139. The number of alkyl halides is 3. The zero-order valence-electron chi connectivity index (χ0n) is 12.5. The number of hydrogen-bond acceptors (Lipinski definition) is 4. The van der Waals surface area contributed by atoms with Crippen LogP contribution in [-0.4, -0.2) is 16.1 Å². The number of nitrogens with one attached hydrogen (secondary N) is 1. The van der Waals surface area contributed by atoms with E-state index in [9.17, 15) is 13.2 Å². The topological polar surface area (TPSA) is 47.0 Å². The van der Waals surface area contributed by atoms with Crippen LogP contribution in [0.15, 0.2) is 30.5 Å². The van der Waals surface area contributed by atoms with Crippen LogP contribution in [0.25, 0.3) is 0 Å². The summed E-state index contributed by atoms with van der Waals surface area (Å²) in [5.74, 6) is -0.409. The highest BCUT2D eigenvalue weighted by Crippen LogP contribution is 2.35. The van der Waals surface area contributed by atoms with Gasteiger partial charge in [0.2, 0.25) is 11.8 Å². The minimum atomic E-state index is -4.57. The number of aromatic nitrogens is 2. The molecule has 1 N–H and O–H groups in total. The summed E-state index contributed by atoms with van der Waals surface area (Å²) in [4.78, 5) is 7.62. The zero-order valence-corrected chi connectivity index (χ0v) is 14.6. The van der Waals surface area contributed by atoms with Gasteiger partial charge in [0.25, 0.3) is 0 Å². The molecule has 0 radical (unpaired) electrons. The minimum absolute atomic E-state index is 0.0540. The fourth-order valence-electron chi connectivity index (χ4n) is 1.68. The van der Waals surface area contributed by atoms with Crippen LogP contribution < -0.4 is 10.1 Å². The third kappa shape index (κ3) is 4.95. The molecule has 0 bridgehead atoms. The van der Waals surface area contributed by atoms with E-state index in [0.29, 0.717) is 12.1 Å². The number of halogens is 4. The van der Waals surface area contributed by atoms with Crippen LogP contribution in [0.1, 0.15) is 25.8 Å². The van der Waals surface area contributed by atoms with Gasteiger partial charge in [0.15, 0.2) is 0 Å². The molecular weight excluding hydrogens is 422 g/mol. The van der Waals surface area contributed by atoms with Crippen LogP contribution in [0, 0.1) is 3.57 Å². The van der Waals surface area contributed by atoms with Crippen LogP contribution >= 0.6 is 22.6 Å². The molecule has 1 atom stereocenters. The summed E-state index contributed by atoms with van der Waals surface area (Å²) in [6.45, 7) is 3.51. The van der Waals surface area contributed by atoms with Gasteiger partial charge in [0, 0.05) is 15.5 Å². The van der Waals surface area contributed by atoms with Crippen LogP contribution in [0.2, 0.25) is 0 Å². The van der Waals surface area contributed by atoms with Gasteiger partial charge in [0.05, 0.1) is 6.10 Å². The third-order valence-corrected chi connectivity index (χ3v) is 3.70. The molecule has 1 heterocycles. The molecule has 8 heteroatoms. The van der Waals surface area contributed by atoms with E-state index in [-0.39, 0.29) is 12.1 Å². The molecule has 0 fully saturated rings. The number of rotatable bonds is 5. The van der Waals surface area contributed by atoms with Gasteiger partial charge in [-0.25, -0.2) is 4.98 Å². The van der Waals surface area contributed by atoms with E-state index >= 15 is 0 Å². The first-order valence-corrected chi connectivity index (χ1v) is 8.01. The second-order valence-corrected chi connectivity index (χ2v) is 6.13. The first kappa shape index (κ1) is 17.8. The summed E-state index contributed by atoms with van der Waals surface area (Å²) in [5, 5.41) is 2.88. The monoisotopic (exact) mass is 437 g/mol. The van der Waals surface area contributed by atoms with Crippen molar-refractivity contribution in [3.8, 4) is 5.88 Å². The lowest BCUT2D eigenvalue weighted by Gasteiger charge is -2.17. The van der Waals surface area contributed by atoms with Crippen molar-refractivity contribution in [2.75, 3.05) is 5.32 Å². The number of benzene rings is 1. The predicted octanol–water partition coefficient (Wildman–Crippen LogP) is 5.02. The summed E-state index contributed by atoms with van der Waals surface area (Å²) in [6, 6.07) is 7.33. The van der Waals surface area contributed by atoms with Crippen molar-refractivity contribution in [2.45, 2.75) is 32.5 Å². The summed E-state index contributed by atoms with van der Waals surface area (Å²) in [5.41, 5.74) is -0.294. The molecule has 1 aromatic heterocycles. The third-order valence-electron chi connectivity index (χ3n) is 3.03. The lowest BCUT2D eigenvalue weighted by Crippen LogP contribution is -2.17. The van der Waals surface area contributed by atoms with Crippen molar-refractivity contribution in [3.05, 3.63) is 39.6 Å². The van der Waals surface area contributed by atoms with E-state index in [2.05, 4.69) is 37.9 Å². The van der Waals surface area contributed by atoms with E-state index in [4.69, 9.17) is 4.74 Å². The van der Waals surface area contributed by atoms with Gasteiger partial charge in [0.1, 0.15) is 5.56 Å². The molecular formula is C15H15F3IN3O. The van der Waals surface area contributed by atoms with Crippen molar-refractivity contribution < 1.29 is 17.9 Å². The van der Waals surface area contributed by atoms with Gasteiger partial charge in [-0.2, -0.15) is 18.2 Å². The molecule has 2 aromatic rings. The van der Waals surface area contributed by atoms with E-state index in [1.54, 1.807) is 13.0 Å². The Morgan fingerprint density at radius 1 is 1.35 bits per heavy atom. The molecule has 2 rings (SSSR count). The number of anilines is 2. The highest BCUT2D eigenvalue weighted by Gasteiger charge is 2.36. The highest BCUT2D eigenvalue weighted by atomic mass is 127. The van der Waals surface area contributed by atoms with Gasteiger partial charge in [-0.15, -0.1) is 0 Å². The Bertz CT molecular complexity index is 679.